The molecule has 0 unspecified atom stereocenters. The third kappa shape index (κ3) is 2.92. The molecule has 0 aromatic rings. The third-order valence-electron chi connectivity index (χ3n) is 1.14. The lowest BCUT2D eigenvalue weighted by Gasteiger charge is -1.91. The van der Waals surface area contributed by atoms with Gasteiger partial charge in [0.1, 0.15) is 0 Å². The molecule has 0 saturated heterocycles. The molecule has 0 aromatic carbocycles. The van der Waals surface area contributed by atoms with Crippen molar-refractivity contribution in [1.29, 1.82) is 0 Å². The van der Waals surface area contributed by atoms with E-state index in [1.54, 1.807) is 0 Å². The molecule has 0 aromatic heterocycles. The van der Waals surface area contributed by atoms with Crippen molar-refractivity contribution in [1.82, 2.24) is 5.32 Å². The molecule has 0 spiro atoms. The second kappa shape index (κ2) is 4.62. The summed E-state index contributed by atoms with van der Waals surface area (Å²) < 4.78 is 0. The van der Waals surface area contributed by atoms with Gasteiger partial charge in [0.2, 0.25) is 0 Å². The summed E-state index contributed by atoms with van der Waals surface area (Å²) in [5, 5.41) is 3.10. The molecule has 1 rings (SSSR count). The molecule has 0 bridgehead atoms. The fourth-order valence-corrected chi connectivity index (χ4v) is 0.663. The summed E-state index contributed by atoms with van der Waals surface area (Å²) >= 11 is 0. The Kier molecular flexibility index (Phi) is 3.18. The molecule has 10 heavy (non-hydrogen) atoms. The minimum Gasteiger partial charge on any atom is -0.387 e. The Labute approximate surface area is 61.4 Å². The Morgan fingerprint density at radius 1 is 0.800 bits per heavy atom. The minimum absolute atomic E-state index is 0.898. The number of hydrogen-bond acceptors (Lipinski definition) is 1. The summed E-state index contributed by atoms with van der Waals surface area (Å²) in [4.78, 5) is 0. The van der Waals surface area contributed by atoms with E-state index in [0.717, 1.165) is 6.54 Å². The number of allylic oxidation sites excluding steroid dienone is 6. The number of nitrogens with one attached hydrogen (secondary N) is 1. The molecule has 52 valence electrons. The highest BCUT2D eigenvalue weighted by Crippen LogP contribution is 1.83. The van der Waals surface area contributed by atoms with E-state index < -0.39 is 0 Å². The van der Waals surface area contributed by atoms with Crippen molar-refractivity contribution in [3.05, 3.63) is 48.7 Å². The number of rotatable bonds is 0. The molecule has 0 fully saturated rings. The van der Waals surface area contributed by atoms with Gasteiger partial charge in [0.15, 0.2) is 0 Å². The van der Waals surface area contributed by atoms with Crippen LogP contribution in [0.1, 0.15) is 0 Å². The lowest BCUT2D eigenvalue weighted by molar-refractivity contribution is 0.985. The van der Waals surface area contributed by atoms with Crippen LogP contribution in [0.15, 0.2) is 48.7 Å². The molecule has 0 amide bonds. The van der Waals surface area contributed by atoms with Gasteiger partial charge in [-0.05, 0) is 12.3 Å². The molecule has 1 heterocycles. The molecular formula is C9H11N. The monoisotopic (exact) mass is 133 g/mol. The van der Waals surface area contributed by atoms with Crippen molar-refractivity contribution in [2.45, 2.75) is 0 Å². The smallest absolute Gasteiger partial charge is 0.0328 e. The van der Waals surface area contributed by atoms with Gasteiger partial charge in [-0.25, -0.2) is 0 Å². The van der Waals surface area contributed by atoms with Crippen molar-refractivity contribution in [3.63, 3.8) is 0 Å². The van der Waals surface area contributed by atoms with Crippen LogP contribution in [0, 0.1) is 0 Å². The Morgan fingerprint density at radius 3 is 2.40 bits per heavy atom. The van der Waals surface area contributed by atoms with Gasteiger partial charge in [-0.15, -0.1) is 0 Å². The van der Waals surface area contributed by atoms with E-state index >= 15 is 0 Å². The van der Waals surface area contributed by atoms with E-state index in [1.807, 2.05) is 42.7 Å². The maximum absolute atomic E-state index is 3.10. The van der Waals surface area contributed by atoms with Gasteiger partial charge in [-0.1, -0.05) is 36.5 Å². The predicted molar refractivity (Wildman–Crippen MR) is 44.6 cm³/mol. The molecule has 0 radical (unpaired) electrons. The zero-order valence-corrected chi connectivity index (χ0v) is 5.83. The van der Waals surface area contributed by atoms with E-state index in [2.05, 4.69) is 11.4 Å². The Hall–Kier alpha value is -1.24. The SMILES string of the molecule is C1=CC=CCNC=CC=C1. The second-order valence-corrected chi connectivity index (χ2v) is 1.97. The Bertz CT molecular complexity index is 163. The summed E-state index contributed by atoms with van der Waals surface area (Å²) in [6.45, 7) is 0.898. The molecule has 0 aliphatic carbocycles. The van der Waals surface area contributed by atoms with Crippen molar-refractivity contribution in [2.75, 3.05) is 6.54 Å². The summed E-state index contributed by atoms with van der Waals surface area (Å²) in [6, 6.07) is 0. The topological polar surface area (TPSA) is 12.0 Å². The highest BCUT2D eigenvalue weighted by Gasteiger charge is 1.71. The maximum Gasteiger partial charge on any atom is 0.0328 e. The number of hydrogen-bond donors (Lipinski definition) is 1. The average Bonchev–Trinajstić information content (AvgIpc) is 2.01. The van der Waals surface area contributed by atoms with Gasteiger partial charge >= 0.3 is 0 Å². The second-order valence-electron chi connectivity index (χ2n) is 1.97. The maximum atomic E-state index is 3.10. The van der Waals surface area contributed by atoms with Crippen molar-refractivity contribution in [2.24, 2.45) is 0 Å². The first-order valence-corrected chi connectivity index (χ1v) is 3.38. The fourth-order valence-electron chi connectivity index (χ4n) is 0.663. The molecule has 1 N–H and O–H groups in total. The fraction of sp³-hybridized carbons (Fsp3) is 0.111. The molecule has 1 nitrogen and oxygen atoms in total. The normalized spacial score (nSPS) is 16.8. The van der Waals surface area contributed by atoms with Gasteiger partial charge < -0.3 is 5.32 Å². The van der Waals surface area contributed by atoms with Gasteiger partial charge in [0, 0.05) is 6.54 Å². The van der Waals surface area contributed by atoms with E-state index in [0.29, 0.717) is 0 Å². The van der Waals surface area contributed by atoms with Crippen LogP contribution in [0.25, 0.3) is 0 Å². The Morgan fingerprint density at radius 2 is 1.50 bits per heavy atom. The first-order chi connectivity index (χ1) is 5.00. The zero-order chi connectivity index (χ0) is 7.07. The molecule has 0 saturated carbocycles. The van der Waals surface area contributed by atoms with Crippen LogP contribution >= 0.6 is 0 Å². The van der Waals surface area contributed by atoms with E-state index in [4.69, 9.17) is 0 Å². The Balaban J connectivity index is 2.53. The lowest BCUT2D eigenvalue weighted by atomic mass is 10.4. The molecule has 0 atom stereocenters. The largest absolute Gasteiger partial charge is 0.387 e. The standard InChI is InChI=1S/C9H11N/c1-2-4-6-8-10-9-7-5-3-1/h1-8,10H,9H2. The van der Waals surface area contributed by atoms with Gasteiger partial charge in [-0.3, -0.25) is 0 Å². The third-order valence-corrected chi connectivity index (χ3v) is 1.14. The summed E-state index contributed by atoms with van der Waals surface area (Å²) in [6.07, 6.45) is 16.0. The van der Waals surface area contributed by atoms with Gasteiger partial charge in [0.25, 0.3) is 0 Å². The molecular weight excluding hydrogens is 122 g/mol. The van der Waals surface area contributed by atoms with E-state index in [1.165, 1.54) is 0 Å². The van der Waals surface area contributed by atoms with Crippen LogP contribution in [-0.2, 0) is 0 Å². The highest BCUT2D eigenvalue weighted by molar-refractivity contribution is 5.16. The van der Waals surface area contributed by atoms with Crippen LogP contribution in [-0.4, -0.2) is 6.54 Å². The summed E-state index contributed by atoms with van der Waals surface area (Å²) in [5.41, 5.74) is 0. The van der Waals surface area contributed by atoms with E-state index in [-0.39, 0.29) is 0 Å². The lowest BCUT2D eigenvalue weighted by Crippen LogP contribution is -2.02. The van der Waals surface area contributed by atoms with Crippen LogP contribution < -0.4 is 5.32 Å². The van der Waals surface area contributed by atoms with Gasteiger partial charge in [0.05, 0.1) is 0 Å². The summed E-state index contributed by atoms with van der Waals surface area (Å²) in [5.74, 6) is 0. The quantitative estimate of drug-likeness (QED) is 0.531. The molecule has 1 aliphatic heterocycles. The van der Waals surface area contributed by atoms with Crippen LogP contribution in [0.5, 0.6) is 0 Å². The van der Waals surface area contributed by atoms with Crippen LogP contribution in [0.2, 0.25) is 0 Å². The predicted octanol–water partition coefficient (Wildman–Crippen LogP) is 1.77. The van der Waals surface area contributed by atoms with Gasteiger partial charge in [-0.2, -0.15) is 0 Å². The van der Waals surface area contributed by atoms with Crippen molar-refractivity contribution < 1.29 is 0 Å². The average molecular weight is 133 g/mol. The molecule has 1 heteroatoms. The van der Waals surface area contributed by atoms with Crippen LogP contribution in [0.3, 0.4) is 0 Å². The van der Waals surface area contributed by atoms with Crippen LogP contribution in [0.4, 0.5) is 0 Å². The van der Waals surface area contributed by atoms with Crippen molar-refractivity contribution in [3.8, 4) is 0 Å². The zero-order valence-electron chi connectivity index (χ0n) is 5.83. The summed E-state index contributed by atoms with van der Waals surface area (Å²) in [7, 11) is 0. The first kappa shape index (κ1) is 6.87. The van der Waals surface area contributed by atoms with Crippen molar-refractivity contribution >= 4 is 0 Å². The minimum atomic E-state index is 0.898. The van der Waals surface area contributed by atoms with E-state index in [9.17, 15) is 0 Å². The molecule has 1 aliphatic rings. The first-order valence-electron chi connectivity index (χ1n) is 3.38. The highest BCUT2D eigenvalue weighted by atomic mass is 14.8.